The zero-order valence-corrected chi connectivity index (χ0v) is 19.7. The van der Waals surface area contributed by atoms with Gasteiger partial charge in [-0.05, 0) is 43.2 Å². The van der Waals surface area contributed by atoms with Crippen molar-refractivity contribution in [1.82, 2.24) is 19.5 Å². The summed E-state index contributed by atoms with van der Waals surface area (Å²) >= 11 is 1.08. The molecular formula is C21H25N5O5S2. The molecule has 0 bridgehead atoms. The molecule has 1 amide bonds. The molecule has 1 aliphatic heterocycles. The minimum absolute atomic E-state index is 0.00137. The van der Waals surface area contributed by atoms with Crippen LogP contribution in [0.25, 0.3) is 11.6 Å². The van der Waals surface area contributed by atoms with Gasteiger partial charge in [0.2, 0.25) is 15.9 Å². The van der Waals surface area contributed by atoms with Crippen molar-refractivity contribution in [2.24, 2.45) is 0 Å². The van der Waals surface area contributed by atoms with E-state index in [9.17, 15) is 13.2 Å². The largest absolute Gasteiger partial charge is 0.495 e. The second kappa shape index (κ2) is 10.4. The zero-order chi connectivity index (χ0) is 23.3. The number of carbonyl (C=O) groups is 1. The number of thioether (sulfide) groups is 1. The molecule has 1 saturated heterocycles. The van der Waals surface area contributed by atoms with Crippen molar-refractivity contribution in [3.8, 4) is 17.3 Å². The molecule has 0 aliphatic carbocycles. The lowest BCUT2D eigenvalue weighted by Crippen LogP contribution is -2.32. The Hall–Kier alpha value is -2.83. The molecule has 1 aromatic carbocycles. The summed E-state index contributed by atoms with van der Waals surface area (Å²) in [5.41, 5.74) is 0.975. The highest BCUT2D eigenvalue weighted by Crippen LogP contribution is 2.30. The van der Waals surface area contributed by atoms with Crippen LogP contribution in [0.2, 0.25) is 0 Å². The average Bonchev–Trinajstić information content (AvgIpc) is 3.43. The van der Waals surface area contributed by atoms with Crippen LogP contribution in [-0.2, 0) is 14.8 Å². The molecule has 1 aliphatic rings. The van der Waals surface area contributed by atoms with Gasteiger partial charge in [0.15, 0.2) is 0 Å². The predicted octanol–water partition coefficient (Wildman–Crippen LogP) is 3.37. The molecule has 0 saturated carbocycles. The molecular weight excluding hydrogens is 466 g/mol. The quantitative estimate of drug-likeness (QED) is 0.459. The maximum absolute atomic E-state index is 13.1. The van der Waals surface area contributed by atoms with E-state index >= 15 is 0 Å². The minimum atomic E-state index is -3.66. The van der Waals surface area contributed by atoms with E-state index in [4.69, 9.17) is 9.15 Å². The third-order valence-corrected chi connectivity index (χ3v) is 7.92. The number of rotatable bonds is 8. The Kier molecular flexibility index (Phi) is 7.36. The lowest BCUT2D eigenvalue weighted by molar-refractivity contribution is -0.113. The van der Waals surface area contributed by atoms with E-state index in [0.717, 1.165) is 37.4 Å². The zero-order valence-electron chi connectivity index (χ0n) is 18.1. The normalized spacial score (nSPS) is 15.2. The molecule has 33 heavy (non-hydrogen) atoms. The molecule has 176 valence electrons. The van der Waals surface area contributed by atoms with Crippen molar-refractivity contribution in [3.63, 3.8) is 0 Å². The summed E-state index contributed by atoms with van der Waals surface area (Å²) in [6, 6.07) is 8.11. The number of hydrogen-bond acceptors (Lipinski definition) is 8. The molecule has 3 heterocycles. The van der Waals surface area contributed by atoms with E-state index in [0.29, 0.717) is 30.4 Å². The highest BCUT2D eigenvalue weighted by Gasteiger charge is 2.26. The Labute approximate surface area is 196 Å². The number of aromatic nitrogens is 3. The van der Waals surface area contributed by atoms with E-state index in [2.05, 4.69) is 20.5 Å². The van der Waals surface area contributed by atoms with Gasteiger partial charge in [-0.25, -0.2) is 8.42 Å². The Morgan fingerprint density at radius 2 is 2.00 bits per heavy atom. The summed E-state index contributed by atoms with van der Waals surface area (Å²) in [7, 11) is -2.20. The topological polar surface area (TPSA) is 130 Å². The van der Waals surface area contributed by atoms with Crippen LogP contribution in [0.15, 0.2) is 51.1 Å². The SMILES string of the molecule is COc1ccc(S(=O)(=O)N2CCCCCC2)cc1NC(=O)CSc1nnc(-c2ccc[nH]2)o1. The summed E-state index contributed by atoms with van der Waals surface area (Å²) in [4.78, 5) is 15.6. The van der Waals surface area contributed by atoms with Crippen LogP contribution < -0.4 is 10.1 Å². The monoisotopic (exact) mass is 491 g/mol. The molecule has 0 spiro atoms. The van der Waals surface area contributed by atoms with Crippen LogP contribution in [0.1, 0.15) is 25.7 Å². The first kappa shape index (κ1) is 23.3. The third kappa shape index (κ3) is 5.57. The fourth-order valence-corrected chi connectivity index (χ4v) is 5.64. The number of nitrogens with one attached hydrogen (secondary N) is 2. The standard InChI is InChI=1S/C21H25N5O5S2/c1-30-18-9-8-15(33(28,29)26-11-4-2-3-5-12-26)13-17(18)23-19(27)14-32-21-25-24-20(31-21)16-7-6-10-22-16/h6-10,13,22H,2-5,11-12,14H2,1H3,(H,23,27). The number of anilines is 1. The fourth-order valence-electron chi connectivity index (χ4n) is 3.53. The first-order valence-corrected chi connectivity index (χ1v) is 13.0. The number of H-pyrrole nitrogens is 1. The molecule has 12 heteroatoms. The van der Waals surface area contributed by atoms with Gasteiger partial charge in [0.05, 0.1) is 23.4 Å². The summed E-state index contributed by atoms with van der Waals surface area (Å²) in [5, 5.41) is 10.9. The molecule has 4 rings (SSSR count). The Balaban J connectivity index is 1.44. The van der Waals surface area contributed by atoms with Crippen molar-refractivity contribution >= 4 is 33.4 Å². The van der Waals surface area contributed by atoms with Crippen molar-refractivity contribution in [3.05, 3.63) is 36.5 Å². The van der Waals surface area contributed by atoms with Gasteiger partial charge in [0.1, 0.15) is 11.4 Å². The third-order valence-electron chi connectivity index (χ3n) is 5.21. The lowest BCUT2D eigenvalue weighted by Gasteiger charge is -2.21. The van der Waals surface area contributed by atoms with Crippen molar-refractivity contribution in [1.29, 1.82) is 0 Å². The van der Waals surface area contributed by atoms with Crippen LogP contribution in [0.4, 0.5) is 5.69 Å². The van der Waals surface area contributed by atoms with Crippen LogP contribution in [0.3, 0.4) is 0 Å². The summed E-state index contributed by atoms with van der Waals surface area (Å²) < 4.78 is 38.6. The lowest BCUT2D eigenvalue weighted by atomic mass is 10.2. The number of hydrogen-bond donors (Lipinski definition) is 2. The van der Waals surface area contributed by atoms with Crippen molar-refractivity contribution in [2.75, 3.05) is 31.3 Å². The number of benzene rings is 1. The Morgan fingerprint density at radius 1 is 1.21 bits per heavy atom. The smallest absolute Gasteiger partial charge is 0.277 e. The van der Waals surface area contributed by atoms with Gasteiger partial charge in [-0.2, -0.15) is 4.31 Å². The predicted molar refractivity (Wildman–Crippen MR) is 124 cm³/mol. The van der Waals surface area contributed by atoms with E-state index in [-0.39, 0.29) is 27.5 Å². The van der Waals surface area contributed by atoms with Crippen LogP contribution >= 0.6 is 11.8 Å². The van der Waals surface area contributed by atoms with Crippen LogP contribution in [0, 0.1) is 0 Å². The van der Waals surface area contributed by atoms with Gasteiger partial charge < -0.3 is 19.5 Å². The van der Waals surface area contributed by atoms with E-state index in [1.54, 1.807) is 18.3 Å². The van der Waals surface area contributed by atoms with Crippen LogP contribution in [0.5, 0.6) is 5.75 Å². The van der Waals surface area contributed by atoms with Gasteiger partial charge in [-0.1, -0.05) is 24.6 Å². The van der Waals surface area contributed by atoms with Crippen molar-refractivity contribution < 1.29 is 22.4 Å². The molecule has 0 unspecified atom stereocenters. The fraction of sp³-hybridized carbons (Fsp3) is 0.381. The molecule has 10 nitrogen and oxygen atoms in total. The number of aromatic amines is 1. The molecule has 1 fully saturated rings. The maximum Gasteiger partial charge on any atom is 0.277 e. The highest BCUT2D eigenvalue weighted by molar-refractivity contribution is 7.99. The van der Waals surface area contributed by atoms with Gasteiger partial charge in [0.25, 0.3) is 11.1 Å². The van der Waals surface area contributed by atoms with E-state index in [1.165, 1.54) is 23.5 Å². The van der Waals surface area contributed by atoms with E-state index in [1.807, 2.05) is 6.07 Å². The number of carbonyl (C=O) groups excluding carboxylic acids is 1. The van der Waals surface area contributed by atoms with Gasteiger partial charge >= 0.3 is 0 Å². The van der Waals surface area contributed by atoms with Gasteiger partial charge in [0, 0.05) is 19.3 Å². The number of sulfonamides is 1. The van der Waals surface area contributed by atoms with Gasteiger partial charge in [-0.3, -0.25) is 4.79 Å². The summed E-state index contributed by atoms with van der Waals surface area (Å²) in [5.74, 6) is 0.340. The van der Waals surface area contributed by atoms with E-state index < -0.39 is 10.0 Å². The molecule has 0 radical (unpaired) electrons. The minimum Gasteiger partial charge on any atom is -0.495 e. The number of ether oxygens (including phenoxy) is 1. The second-order valence-electron chi connectivity index (χ2n) is 7.47. The number of amides is 1. The Morgan fingerprint density at radius 3 is 2.70 bits per heavy atom. The number of nitrogens with zero attached hydrogens (tertiary/aromatic N) is 3. The van der Waals surface area contributed by atoms with Gasteiger partial charge in [-0.15, -0.1) is 10.2 Å². The number of methoxy groups -OCH3 is 1. The molecule has 2 aromatic heterocycles. The molecule has 2 N–H and O–H groups in total. The molecule has 3 aromatic rings. The van der Waals surface area contributed by atoms with Crippen LogP contribution in [-0.4, -0.2) is 59.8 Å². The average molecular weight is 492 g/mol. The summed E-state index contributed by atoms with van der Waals surface area (Å²) in [6.45, 7) is 1.00. The first-order chi connectivity index (χ1) is 16.0. The molecule has 0 atom stereocenters. The first-order valence-electron chi connectivity index (χ1n) is 10.6. The Bertz CT molecular complexity index is 1190. The maximum atomic E-state index is 13.1. The summed E-state index contributed by atoms with van der Waals surface area (Å²) in [6.07, 6.45) is 5.49. The highest BCUT2D eigenvalue weighted by atomic mass is 32.2. The van der Waals surface area contributed by atoms with Crippen molar-refractivity contribution in [2.45, 2.75) is 35.8 Å². The second-order valence-corrected chi connectivity index (χ2v) is 10.3.